The maximum absolute atomic E-state index is 13.3. The third-order valence-corrected chi connectivity index (χ3v) is 3.51. The van der Waals surface area contributed by atoms with Crippen LogP contribution in [0.2, 0.25) is 0 Å². The summed E-state index contributed by atoms with van der Waals surface area (Å²) in [7, 11) is 2.07. The highest BCUT2D eigenvalue weighted by molar-refractivity contribution is 5.41. The number of benzene rings is 1. The lowest BCUT2D eigenvalue weighted by Crippen LogP contribution is -2.31. The Morgan fingerprint density at radius 2 is 2.06 bits per heavy atom. The zero-order valence-electron chi connectivity index (χ0n) is 11.0. The van der Waals surface area contributed by atoms with Crippen LogP contribution in [-0.2, 0) is 6.54 Å². The van der Waals surface area contributed by atoms with Crippen LogP contribution in [0.3, 0.4) is 0 Å². The first-order valence-electron chi connectivity index (χ1n) is 6.60. The smallest absolute Gasteiger partial charge is 0.146 e. The van der Waals surface area contributed by atoms with Crippen LogP contribution in [-0.4, -0.2) is 43.0 Å². The fourth-order valence-corrected chi connectivity index (χ4v) is 2.38. The zero-order chi connectivity index (χ0) is 13.0. The number of anilines is 1. The van der Waals surface area contributed by atoms with Crippen LogP contribution in [0.25, 0.3) is 0 Å². The Balaban J connectivity index is 1.78. The fraction of sp³-hybridized carbons (Fsp3) is 0.571. The number of rotatable bonds is 5. The lowest BCUT2D eigenvalue weighted by atomic mass is 10.2. The van der Waals surface area contributed by atoms with E-state index in [0.717, 1.165) is 25.2 Å². The van der Waals surface area contributed by atoms with Crippen molar-refractivity contribution < 1.29 is 4.39 Å². The molecular weight excluding hydrogens is 229 g/mol. The van der Waals surface area contributed by atoms with Gasteiger partial charge in [0.1, 0.15) is 5.82 Å². The number of hydrogen-bond acceptors (Lipinski definition) is 3. The average Bonchev–Trinajstić information content (AvgIpc) is 2.84. The van der Waals surface area contributed by atoms with Gasteiger partial charge in [-0.05, 0) is 50.7 Å². The molecule has 1 saturated heterocycles. The number of nitrogens with zero attached hydrogens (tertiary/aromatic N) is 2. The summed E-state index contributed by atoms with van der Waals surface area (Å²) in [4.78, 5) is 4.71. The average molecular weight is 251 g/mol. The van der Waals surface area contributed by atoms with Crippen LogP contribution in [0.1, 0.15) is 18.4 Å². The Labute approximate surface area is 108 Å². The highest BCUT2D eigenvalue weighted by Crippen LogP contribution is 2.13. The number of nitrogens with two attached hydrogens (primary N) is 1. The quantitative estimate of drug-likeness (QED) is 0.812. The van der Waals surface area contributed by atoms with Gasteiger partial charge in [0.25, 0.3) is 0 Å². The molecule has 18 heavy (non-hydrogen) atoms. The van der Waals surface area contributed by atoms with Crippen molar-refractivity contribution in [3.05, 3.63) is 29.6 Å². The van der Waals surface area contributed by atoms with Crippen molar-refractivity contribution in [1.82, 2.24) is 9.80 Å². The van der Waals surface area contributed by atoms with E-state index in [-0.39, 0.29) is 11.5 Å². The molecule has 3 nitrogen and oxygen atoms in total. The van der Waals surface area contributed by atoms with Crippen LogP contribution >= 0.6 is 0 Å². The minimum Gasteiger partial charge on any atom is -0.396 e. The molecule has 0 saturated carbocycles. The zero-order valence-corrected chi connectivity index (χ0v) is 11.0. The van der Waals surface area contributed by atoms with Gasteiger partial charge in [0.2, 0.25) is 0 Å². The molecule has 1 aromatic rings. The molecule has 1 fully saturated rings. The molecule has 2 rings (SSSR count). The van der Waals surface area contributed by atoms with Crippen LogP contribution in [0.5, 0.6) is 0 Å². The molecule has 0 amide bonds. The number of nitrogen functional groups attached to an aromatic ring is 1. The molecule has 0 atom stereocenters. The highest BCUT2D eigenvalue weighted by atomic mass is 19.1. The van der Waals surface area contributed by atoms with Crippen molar-refractivity contribution in [2.45, 2.75) is 19.4 Å². The van der Waals surface area contributed by atoms with Crippen LogP contribution < -0.4 is 5.73 Å². The Bertz CT molecular complexity index is 389. The molecule has 2 N–H and O–H groups in total. The number of likely N-dealkylation sites (tertiary alicyclic amines) is 1. The Morgan fingerprint density at radius 3 is 2.72 bits per heavy atom. The van der Waals surface area contributed by atoms with Gasteiger partial charge in [0.05, 0.1) is 5.69 Å². The SMILES string of the molecule is CN(CCN1CCCC1)Cc1ccc(N)c(F)c1. The Hall–Kier alpha value is -1.13. The molecule has 0 aromatic heterocycles. The van der Waals surface area contributed by atoms with E-state index < -0.39 is 0 Å². The molecule has 0 unspecified atom stereocenters. The summed E-state index contributed by atoms with van der Waals surface area (Å²) in [5, 5.41) is 0. The van der Waals surface area contributed by atoms with Crippen molar-refractivity contribution in [3.63, 3.8) is 0 Å². The molecule has 1 aliphatic heterocycles. The van der Waals surface area contributed by atoms with E-state index in [0.29, 0.717) is 0 Å². The van der Waals surface area contributed by atoms with Crippen LogP contribution in [0.4, 0.5) is 10.1 Å². The summed E-state index contributed by atoms with van der Waals surface area (Å²) < 4.78 is 13.3. The second-order valence-electron chi connectivity index (χ2n) is 5.14. The summed E-state index contributed by atoms with van der Waals surface area (Å²) in [5.41, 5.74) is 6.66. The van der Waals surface area contributed by atoms with Crippen molar-refractivity contribution >= 4 is 5.69 Å². The number of halogens is 1. The van der Waals surface area contributed by atoms with Gasteiger partial charge in [0, 0.05) is 19.6 Å². The first-order valence-corrected chi connectivity index (χ1v) is 6.60. The van der Waals surface area contributed by atoms with E-state index in [4.69, 9.17) is 5.73 Å². The van der Waals surface area contributed by atoms with Crippen LogP contribution in [0.15, 0.2) is 18.2 Å². The van der Waals surface area contributed by atoms with E-state index in [1.54, 1.807) is 6.07 Å². The van der Waals surface area contributed by atoms with Crippen molar-refractivity contribution in [3.8, 4) is 0 Å². The third-order valence-electron chi connectivity index (χ3n) is 3.51. The highest BCUT2D eigenvalue weighted by Gasteiger charge is 2.12. The maximum atomic E-state index is 13.3. The summed E-state index contributed by atoms with van der Waals surface area (Å²) in [6, 6.07) is 5.06. The predicted molar refractivity (Wildman–Crippen MR) is 72.8 cm³/mol. The Kier molecular flexibility index (Phi) is 4.55. The fourth-order valence-electron chi connectivity index (χ4n) is 2.38. The van der Waals surface area contributed by atoms with Gasteiger partial charge in [-0.25, -0.2) is 4.39 Å². The molecule has 1 aromatic carbocycles. The normalized spacial score (nSPS) is 16.6. The van der Waals surface area contributed by atoms with Crippen molar-refractivity contribution in [2.24, 2.45) is 0 Å². The third kappa shape index (κ3) is 3.68. The second-order valence-corrected chi connectivity index (χ2v) is 5.14. The van der Waals surface area contributed by atoms with E-state index in [1.165, 1.54) is 32.0 Å². The summed E-state index contributed by atoms with van der Waals surface area (Å²) >= 11 is 0. The van der Waals surface area contributed by atoms with Crippen LogP contribution in [0, 0.1) is 5.82 Å². The van der Waals surface area contributed by atoms with Gasteiger partial charge in [-0.1, -0.05) is 6.07 Å². The van der Waals surface area contributed by atoms with E-state index in [2.05, 4.69) is 16.8 Å². The largest absolute Gasteiger partial charge is 0.396 e. The van der Waals surface area contributed by atoms with Gasteiger partial charge in [-0.15, -0.1) is 0 Å². The first-order chi connectivity index (χ1) is 8.65. The molecule has 0 radical (unpaired) electrons. The molecule has 0 bridgehead atoms. The van der Waals surface area contributed by atoms with Gasteiger partial charge in [-0.2, -0.15) is 0 Å². The van der Waals surface area contributed by atoms with Gasteiger partial charge < -0.3 is 15.5 Å². The molecule has 100 valence electrons. The van der Waals surface area contributed by atoms with Gasteiger partial charge >= 0.3 is 0 Å². The number of hydrogen-bond donors (Lipinski definition) is 1. The molecule has 4 heteroatoms. The number of likely N-dealkylation sites (N-methyl/N-ethyl adjacent to an activating group) is 1. The molecule has 1 heterocycles. The van der Waals surface area contributed by atoms with E-state index >= 15 is 0 Å². The standard InChI is InChI=1S/C14H22FN3/c1-17(8-9-18-6-2-3-7-18)11-12-4-5-14(16)13(15)10-12/h4-5,10H,2-3,6-9,11,16H2,1H3. The lowest BCUT2D eigenvalue weighted by Gasteiger charge is -2.21. The lowest BCUT2D eigenvalue weighted by molar-refractivity contribution is 0.252. The maximum Gasteiger partial charge on any atom is 0.146 e. The van der Waals surface area contributed by atoms with E-state index in [9.17, 15) is 4.39 Å². The predicted octanol–water partition coefficient (Wildman–Crippen LogP) is 1.94. The topological polar surface area (TPSA) is 32.5 Å². The second kappa shape index (κ2) is 6.16. The van der Waals surface area contributed by atoms with Gasteiger partial charge in [-0.3, -0.25) is 0 Å². The molecule has 0 spiro atoms. The molecule has 1 aliphatic rings. The summed E-state index contributed by atoms with van der Waals surface area (Å²) in [6.07, 6.45) is 2.65. The minimum absolute atomic E-state index is 0.221. The van der Waals surface area contributed by atoms with Gasteiger partial charge in [0.15, 0.2) is 0 Å². The minimum atomic E-state index is -0.319. The summed E-state index contributed by atoms with van der Waals surface area (Å²) in [6.45, 7) is 5.35. The van der Waals surface area contributed by atoms with E-state index in [1.807, 2.05) is 6.07 Å². The van der Waals surface area contributed by atoms with Crippen molar-refractivity contribution in [1.29, 1.82) is 0 Å². The summed E-state index contributed by atoms with van der Waals surface area (Å²) in [5.74, 6) is -0.319. The monoisotopic (exact) mass is 251 g/mol. The molecule has 0 aliphatic carbocycles. The van der Waals surface area contributed by atoms with Crippen molar-refractivity contribution in [2.75, 3.05) is 39.0 Å². The first kappa shape index (κ1) is 13.3. The Morgan fingerprint density at radius 1 is 1.33 bits per heavy atom. The molecular formula is C14H22FN3.